The number of likely N-dealkylation sites (tertiary alicyclic amines) is 2. The number of nitrogens with one attached hydrogen (secondary N) is 4. The molecule has 0 unspecified atom stereocenters. The van der Waals surface area contributed by atoms with Crippen molar-refractivity contribution in [1.29, 1.82) is 0 Å². The lowest BCUT2D eigenvalue weighted by atomic mass is 9.81. The van der Waals surface area contributed by atoms with Gasteiger partial charge in [0.2, 0.25) is 17.7 Å². The molecule has 0 radical (unpaired) electrons. The predicted molar refractivity (Wildman–Crippen MR) is 167 cm³/mol. The summed E-state index contributed by atoms with van der Waals surface area (Å²) in [4.78, 5) is 55.7. The van der Waals surface area contributed by atoms with Gasteiger partial charge < -0.3 is 41.5 Å². The zero-order valence-corrected chi connectivity index (χ0v) is 26.4. The molecule has 6 atom stereocenters. The number of nitrogens with zero attached hydrogens (tertiary/aromatic N) is 2. The van der Waals surface area contributed by atoms with Crippen LogP contribution in [0.1, 0.15) is 64.4 Å². The Bertz CT molecular complexity index is 1180. The molecule has 0 saturated carbocycles. The van der Waals surface area contributed by atoms with E-state index in [9.17, 15) is 34.5 Å². The number of aromatic hydroxyl groups is 1. The predicted octanol–water partition coefficient (Wildman–Crippen LogP) is 0.426. The molecule has 3 fully saturated rings. The number of rotatable bonds is 3. The van der Waals surface area contributed by atoms with Gasteiger partial charge in [-0.1, -0.05) is 18.2 Å². The van der Waals surface area contributed by atoms with Crippen molar-refractivity contribution in [3.05, 3.63) is 29.8 Å². The number of hydrogen-bond acceptors (Lipinski definition) is 8. The molecule has 13 nitrogen and oxygen atoms in total. The molecule has 1 aromatic carbocycles. The number of fused-ring (bicyclic) bond motifs is 3. The van der Waals surface area contributed by atoms with Crippen LogP contribution in [0.5, 0.6) is 5.75 Å². The number of aliphatic hydroxyl groups excluding tert-OH is 2. The summed E-state index contributed by atoms with van der Waals surface area (Å²) in [5, 5.41) is 43.0. The number of carbonyl (C=O) groups is 4. The summed E-state index contributed by atoms with van der Waals surface area (Å²) in [6.07, 6.45) is -0.0131. The summed E-state index contributed by atoms with van der Waals surface area (Å²) in [7, 11) is 0. The van der Waals surface area contributed by atoms with Gasteiger partial charge in [0, 0.05) is 63.3 Å². The first-order valence-corrected chi connectivity index (χ1v) is 16.2. The summed E-state index contributed by atoms with van der Waals surface area (Å²) in [6.45, 7) is 6.12. The minimum atomic E-state index is -1.06. The first kappa shape index (κ1) is 34.5. The zero-order valence-electron chi connectivity index (χ0n) is 26.4. The second-order valence-corrected chi connectivity index (χ2v) is 13.1. The smallest absolute Gasteiger partial charge is 0.317 e. The van der Waals surface area contributed by atoms with E-state index in [1.807, 2.05) is 24.8 Å². The molecular weight excluding hydrogens is 580 g/mol. The highest BCUT2D eigenvalue weighted by Gasteiger charge is 2.38. The number of benzene rings is 1. The fourth-order valence-electron chi connectivity index (χ4n) is 6.72. The lowest BCUT2D eigenvalue weighted by Crippen LogP contribution is -2.51. The van der Waals surface area contributed by atoms with Crippen molar-refractivity contribution in [2.45, 2.75) is 95.7 Å². The van der Waals surface area contributed by atoms with Crippen molar-refractivity contribution in [1.82, 2.24) is 31.1 Å². The lowest BCUT2D eigenvalue weighted by Gasteiger charge is -2.39. The van der Waals surface area contributed by atoms with E-state index in [2.05, 4.69) is 21.3 Å². The van der Waals surface area contributed by atoms with E-state index in [0.29, 0.717) is 57.5 Å². The van der Waals surface area contributed by atoms with Crippen LogP contribution in [0, 0.1) is 11.8 Å². The Kier molecular flexibility index (Phi) is 12.4. The molecule has 0 aliphatic carbocycles. The Labute approximate surface area is 265 Å². The SMILES string of the molecule is CC(C)NC(=O)N1CC[C@H]2CC(=O)NCC[C@@H](O)C[C@@H](O)CC(=O)N[C@H]3C[C@H](C(=O)NCC[C@H]2C1)N(Cc1ccccc1O)C3. The molecule has 3 aliphatic heterocycles. The fourth-order valence-corrected chi connectivity index (χ4v) is 6.72. The number of urea groups is 1. The maximum Gasteiger partial charge on any atom is 0.317 e. The van der Waals surface area contributed by atoms with Crippen LogP contribution in [0.4, 0.5) is 4.79 Å². The highest BCUT2D eigenvalue weighted by Crippen LogP contribution is 2.30. The number of phenolic OH excluding ortho intramolecular Hbond substituents is 1. The molecule has 0 aromatic heterocycles. The molecule has 3 saturated heterocycles. The molecule has 7 N–H and O–H groups in total. The summed E-state index contributed by atoms with van der Waals surface area (Å²) in [5.74, 6) is -0.582. The quantitative estimate of drug-likeness (QED) is 0.251. The topological polar surface area (TPSA) is 184 Å². The van der Waals surface area contributed by atoms with Crippen LogP contribution in [-0.4, -0.2) is 112 Å². The lowest BCUT2D eigenvalue weighted by molar-refractivity contribution is -0.126. The van der Waals surface area contributed by atoms with Gasteiger partial charge in [-0.05, 0) is 63.9 Å². The van der Waals surface area contributed by atoms with E-state index in [1.54, 1.807) is 23.1 Å². The van der Waals surface area contributed by atoms with Gasteiger partial charge in [-0.15, -0.1) is 0 Å². The molecule has 0 spiro atoms. The summed E-state index contributed by atoms with van der Waals surface area (Å²) in [6, 6.07) is 5.90. The van der Waals surface area contributed by atoms with Crippen LogP contribution < -0.4 is 21.3 Å². The normalized spacial score (nSPS) is 29.7. The molecule has 250 valence electrons. The van der Waals surface area contributed by atoms with Crippen LogP contribution in [0.25, 0.3) is 0 Å². The Morgan fingerprint density at radius 1 is 0.933 bits per heavy atom. The van der Waals surface area contributed by atoms with Gasteiger partial charge in [-0.25, -0.2) is 4.79 Å². The maximum atomic E-state index is 13.6. The van der Waals surface area contributed by atoms with Crippen LogP contribution >= 0.6 is 0 Å². The van der Waals surface area contributed by atoms with Gasteiger partial charge in [0.05, 0.1) is 24.7 Å². The molecule has 13 heteroatoms. The van der Waals surface area contributed by atoms with Gasteiger partial charge in [0.25, 0.3) is 0 Å². The number of hydrogen-bond donors (Lipinski definition) is 7. The summed E-state index contributed by atoms with van der Waals surface area (Å²) >= 11 is 0. The van der Waals surface area contributed by atoms with Gasteiger partial charge in [-0.2, -0.15) is 0 Å². The highest BCUT2D eigenvalue weighted by molar-refractivity contribution is 5.83. The Hall–Kier alpha value is -3.42. The third-order valence-electron chi connectivity index (χ3n) is 9.05. The Morgan fingerprint density at radius 3 is 2.44 bits per heavy atom. The van der Waals surface area contributed by atoms with E-state index in [1.165, 1.54) is 0 Å². The van der Waals surface area contributed by atoms with Crippen molar-refractivity contribution in [2.75, 3.05) is 32.7 Å². The molecule has 2 bridgehead atoms. The molecule has 1 aromatic rings. The van der Waals surface area contributed by atoms with Crippen LogP contribution in [-0.2, 0) is 20.9 Å². The van der Waals surface area contributed by atoms with E-state index in [-0.39, 0.29) is 85.6 Å². The standard InChI is InChI=1S/C32H50N6O7/c1-20(2)35-32(45)37-12-9-21-13-29(42)33-11-8-25(39)15-26(40)16-30(43)36-24-14-27(31(44)34-10-7-22(21)17-37)38(19-24)18-23-5-3-4-6-28(23)41/h3-6,20-22,24-27,39-41H,7-19H2,1-2H3,(H,33,42)(H,34,44)(H,35,45)(H,36,43)/t21-,22-,24-,25+,26+,27+/m0/s1. The molecule has 45 heavy (non-hydrogen) atoms. The van der Waals surface area contributed by atoms with Crippen molar-refractivity contribution >= 4 is 23.8 Å². The number of carbonyl (C=O) groups excluding carboxylic acids is 4. The van der Waals surface area contributed by atoms with Gasteiger partial charge in [0.15, 0.2) is 0 Å². The van der Waals surface area contributed by atoms with E-state index in [0.717, 1.165) is 0 Å². The van der Waals surface area contributed by atoms with E-state index in [4.69, 9.17) is 0 Å². The van der Waals surface area contributed by atoms with Gasteiger partial charge in [0.1, 0.15) is 5.75 Å². The number of amides is 5. The van der Waals surface area contributed by atoms with Crippen molar-refractivity contribution < 1.29 is 34.5 Å². The first-order chi connectivity index (χ1) is 21.5. The fraction of sp³-hybridized carbons (Fsp3) is 0.688. The van der Waals surface area contributed by atoms with Crippen molar-refractivity contribution in [2.24, 2.45) is 11.8 Å². The third-order valence-corrected chi connectivity index (χ3v) is 9.05. The molecule has 4 rings (SSSR count). The monoisotopic (exact) mass is 630 g/mol. The van der Waals surface area contributed by atoms with Crippen LogP contribution in [0.15, 0.2) is 24.3 Å². The number of aliphatic hydroxyl groups is 2. The van der Waals surface area contributed by atoms with E-state index < -0.39 is 18.2 Å². The number of para-hydroxylation sites is 1. The first-order valence-electron chi connectivity index (χ1n) is 16.2. The third kappa shape index (κ3) is 10.3. The summed E-state index contributed by atoms with van der Waals surface area (Å²) < 4.78 is 0. The second-order valence-electron chi connectivity index (χ2n) is 13.1. The van der Waals surface area contributed by atoms with Crippen LogP contribution in [0.3, 0.4) is 0 Å². The zero-order chi connectivity index (χ0) is 32.5. The highest BCUT2D eigenvalue weighted by atomic mass is 16.3. The van der Waals surface area contributed by atoms with E-state index >= 15 is 0 Å². The second kappa shape index (κ2) is 16.2. The molecule has 5 amide bonds. The minimum absolute atomic E-state index is 0.00261. The van der Waals surface area contributed by atoms with Crippen molar-refractivity contribution in [3.63, 3.8) is 0 Å². The number of piperidine rings is 1. The largest absolute Gasteiger partial charge is 0.508 e. The van der Waals surface area contributed by atoms with Gasteiger partial charge in [-0.3, -0.25) is 19.3 Å². The maximum absolute atomic E-state index is 13.6. The van der Waals surface area contributed by atoms with Crippen molar-refractivity contribution in [3.8, 4) is 5.75 Å². The van der Waals surface area contributed by atoms with Gasteiger partial charge >= 0.3 is 6.03 Å². The molecule has 3 heterocycles. The molecular formula is C32H50N6O7. The molecule has 3 aliphatic rings. The minimum Gasteiger partial charge on any atom is -0.508 e. The Balaban J connectivity index is 1.50. The number of phenols is 1. The Morgan fingerprint density at radius 2 is 1.69 bits per heavy atom. The average molecular weight is 631 g/mol. The summed E-state index contributed by atoms with van der Waals surface area (Å²) in [5.41, 5.74) is 0.667. The average Bonchev–Trinajstić information content (AvgIpc) is 3.35. The van der Waals surface area contributed by atoms with Crippen LogP contribution in [0.2, 0.25) is 0 Å².